The summed E-state index contributed by atoms with van der Waals surface area (Å²) < 4.78 is 10.9. The van der Waals surface area contributed by atoms with Crippen molar-refractivity contribution >= 4 is 17.9 Å². The summed E-state index contributed by atoms with van der Waals surface area (Å²) in [6.45, 7) is 3.75. The second-order valence-corrected chi connectivity index (χ2v) is 5.34. The van der Waals surface area contributed by atoms with E-state index < -0.39 is 0 Å². The number of guanidine groups is 1. The number of hydrogen-bond acceptors (Lipinski definition) is 5. The van der Waals surface area contributed by atoms with E-state index in [-0.39, 0.29) is 24.6 Å². The normalized spacial score (nSPS) is 21.7. The second kappa shape index (κ2) is 9.31. The van der Waals surface area contributed by atoms with E-state index in [1.54, 1.807) is 7.05 Å². The molecule has 0 aromatic rings. The van der Waals surface area contributed by atoms with Gasteiger partial charge in [0.2, 0.25) is 5.91 Å². The topological polar surface area (TPSA) is 104 Å². The number of carbonyl (C=O) groups excluding carboxylic acids is 2. The summed E-state index contributed by atoms with van der Waals surface area (Å²) in [7, 11) is 1.68. The molecule has 2 fully saturated rings. The van der Waals surface area contributed by atoms with E-state index in [2.05, 4.69) is 20.9 Å². The van der Waals surface area contributed by atoms with Crippen LogP contribution in [0.5, 0.6) is 0 Å². The molecule has 2 aliphatic heterocycles. The Hall–Kier alpha value is -1.87. The van der Waals surface area contributed by atoms with Crippen LogP contribution in [0.4, 0.5) is 4.79 Å². The first kappa shape index (κ1) is 17.5. The van der Waals surface area contributed by atoms with Crippen molar-refractivity contribution in [3.05, 3.63) is 0 Å². The van der Waals surface area contributed by atoms with Crippen molar-refractivity contribution in [1.29, 1.82) is 0 Å². The molecule has 9 nitrogen and oxygen atoms in total. The number of nitrogens with zero attached hydrogens (tertiary/aromatic N) is 2. The van der Waals surface area contributed by atoms with E-state index in [1.165, 1.54) is 4.90 Å². The number of aliphatic imine (C=N–C) groups is 1. The Bertz CT molecular complexity index is 421. The molecule has 0 saturated carbocycles. The zero-order valence-electron chi connectivity index (χ0n) is 13.5. The molecule has 0 radical (unpaired) electrons. The summed E-state index contributed by atoms with van der Waals surface area (Å²) in [6, 6.07) is -0.340. The van der Waals surface area contributed by atoms with Gasteiger partial charge in [-0.05, 0) is 12.8 Å². The van der Waals surface area contributed by atoms with Crippen LogP contribution < -0.4 is 16.0 Å². The van der Waals surface area contributed by atoms with Gasteiger partial charge >= 0.3 is 6.03 Å². The summed E-state index contributed by atoms with van der Waals surface area (Å²) >= 11 is 0. The first-order valence-electron chi connectivity index (χ1n) is 7.92. The smallest absolute Gasteiger partial charge is 0.324 e. The van der Waals surface area contributed by atoms with Crippen LogP contribution in [0.1, 0.15) is 12.8 Å². The lowest BCUT2D eigenvalue weighted by molar-refractivity contribution is -0.124. The highest BCUT2D eigenvalue weighted by atomic mass is 16.5. The predicted molar refractivity (Wildman–Crippen MR) is 84.3 cm³/mol. The van der Waals surface area contributed by atoms with Gasteiger partial charge in [0.15, 0.2) is 5.96 Å². The molecule has 1 atom stereocenters. The zero-order valence-corrected chi connectivity index (χ0v) is 13.5. The summed E-state index contributed by atoms with van der Waals surface area (Å²) in [5.74, 6) is 0.439. The lowest BCUT2D eigenvalue weighted by Gasteiger charge is -2.15. The van der Waals surface area contributed by atoms with Crippen molar-refractivity contribution in [3.63, 3.8) is 0 Å². The zero-order chi connectivity index (χ0) is 16.5. The molecule has 1 unspecified atom stereocenters. The van der Waals surface area contributed by atoms with Crippen LogP contribution in [0, 0.1) is 0 Å². The van der Waals surface area contributed by atoms with Crippen LogP contribution in [0.3, 0.4) is 0 Å². The first-order chi connectivity index (χ1) is 11.2. The molecule has 2 saturated heterocycles. The second-order valence-electron chi connectivity index (χ2n) is 5.34. The Balaban J connectivity index is 1.52. The molecule has 0 bridgehead atoms. The lowest BCUT2D eigenvalue weighted by atomic mass is 10.3. The summed E-state index contributed by atoms with van der Waals surface area (Å²) in [5, 5.41) is 8.72. The molecule has 0 aliphatic carbocycles. The van der Waals surface area contributed by atoms with Crippen molar-refractivity contribution in [2.75, 3.05) is 53.0 Å². The van der Waals surface area contributed by atoms with E-state index in [9.17, 15) is 9.59 Å². The monoisotopic (exact) mass is 327 g/mol. The van der Waals surface area contributed by atoms with Gasteiger partial charge in [0.1, 0.15) is 0 Å². The Kier molecular flexibility index (Phi) is 7.08. The Labute approximate surface area is 135 Å². The third-order valence-electron chi connectivity index (χ3n) is 3.64. The maximum Gasteiger partial charge on any atom is 0.324 e. The van der Waals surface area contributed by atoms with Crippen LogP contribution >= 0.6 is 0 Å². The lowest BCUT2D eigenvalue weighted by Crippen LogP contribution is -2.43. The van der Waals surface area contributed by atoms with Crippen LogP contribution in [0.25, 0.3) is 0 Å². The van der Waals surface area contributed by atoms with Crippen molar-refractivity contribution < 1.29 is 19.1 Å². The van der Waals surface area contributed by atoms with Gasteiger partial charge in [0, 0.05) is 39.9 Å². The largest absolute Gasteiger partial charge is 0.379 e. The van der Waals surface area contributed by atoms with Crippen LogP contribution in [0.15, 0.2) is 4.99 Å². The molecule has 130 valence electrons. The van der Waals surface area contributed by atoms with Crippen LogP contribution in [-0.4, -0.2) is 81.9 Å². The standard InChI is InChI=1S/C14H25N5O4/c1-15-13(16-4-2-7-23-11-3-8-22-10-11)17-5-6-19-12(20)9-18-14(19)21/h11H,2-10H2,1H3,(H,18,21)(H2,15,16,17). The van der Waals surface area contributed by atoms with E-state index in [1.807, 2.05) is 0 Å². The minimum Gasteiger partial charge on any atom is -0.379 e. The minimum absolute atomic E-state index is 0.0812. The van der Waals surface area contributed by atoms with Gasteiger partial charge in [-0.2, -0.15) is 0 Å². The minimum atomic E-state index is -0.340. The molecule has 2 aliphatic rings. The molecule has 3 N–H and O–H groups in total. The van der Waals surface area contributed by atoms with Gasteiger partial charge in [-0.3, -0.25) is 14.7 Å². The van der Waals surface area contributed by atoms with E-state index in [4.69, 9.17) is 9.47 Å². The molecule has 0 aromatic heterocycles. The van der Waals surface area contributed by atoms with E-state index in [0.717, 1.165) is 26.0 Å². The highest BCUT2D eigenvalue weighted by Crippen LogP contribution is 2.07. The predicted octanol–water partition coefficient (Wildman–Crippen LogP) is -1.10. The van der Waals surface area contributed by atoms with Gasteiger partial charge in [-0.25, -0.2) is 4.79 Å². The van der Waals surface area contributed by atoms with Crippen LogP contribution in [-0.2, 0) is 14.3 Å². The number of nitrogens with one attached hydrogen (secondary N) is 3. The number of hydrogen-bond donors (Lipinski definition) is 3. The van der Waals surface area contributed by atoms with Crippen molar-refractivity contribution in [2.45, 2.75) is 18.9 Å². The Morgan fingerprint density at radius 1 is 1.43 bits per heavy atom. The number of carbonyl (C=O) groups is 2. The van der Waals surface area contributed by atoms with E-state index in [0.29, 0.717) is 32.3 Å². The van der Waals surface area contributed by atoms with Crippen LogP contribution in [0.2, 0.25) is 0 Å². The fraction of sp³-hybridized carbons (Fsp3) is 0.786. The number of rotatable bonds is 8. The van der Waals surface area contributed by atoms with Gasteiger partial charge in [-0.1, -0.05) is 0 Å². The third kappa shape index (κ3) is 5.68. The van der Waals surface area contributed by atoms with Gasteiger partial charge in [0.05, 0.1) is 19.3 Å². The average Bonchev–Trinajstić information content (AvgIpc) is 3.17. The number of amides is 3. The maximum atomic E-state index is 11.4. The van der Waals surface area contributed by atoms with Crippen molar-refractivity contribution in [3.8, 4) is 0 Å². The van der Waals surface area contributed by atoms with Gasteiger partial charge in [-0.15, -0.1) is 0 Å². The number of ether oxygens (including phenoxy) is 2. The Morgan fingerprint density at radius 2 is 2.26 bits per heavy atom. The summed E-state index contributed by atoms with van der Waals surface area (Å²) in [4.78, 5) is 28.1. The SMILES string of the molecule is CN=C(NCCCOC1CCOC1)NCCN1C(=O)CNC1=O. The Morgan fingerprint density at radius 3 is 2.91 bits per heavy atom. The molecule has 2 heterocycles. The fourth-order valence-electron chi connectivity index (χ4n) is 2.36. The highest BCUT2D eigenvalue weighted by molar-refractivity contribution is 6.01. The van der Waals surface area contributed by atoms with Crippen molar-refractivity contribution in [2.24, 2.45) is 4.99 Å². The summed E-state index contributed by atoms with van der Waals surface area (Å²) in [5.41, 5.74) is 0. The maximum absolute atomic E-state index is 11.4. The van der Waals surface area contributed by atoms with Gasteiger partial charge < -0.3 is 25.4 Å². The first-order valence-corrected chi connectivity index (χ1v) is 7.92. The number of urea groups is 1. The molecule has 0 aromatic carbocycles. The molecule has 0 spiro atoms. The fourth-order valence-corrected chi connectivity index (χ4v) is 2.36. The molecule has 23 heavy (non-hydrogen) atoms. The molecular weight excluding hydrogens is 302 g/mol. The quantitative estimate of drug-likeness (QED) is 0.226. The molecular formula is C14H25N5O4. The van der Waals surface area contributed by atoms with E-state index >= 15 is 0 Å². The molecule has 9 heteroatoms. The molecule has 2 rings (SSSR count). The third-order valence-corrected chi connectivity index (χ3v) is 3.64. The summed E-state index contributed by atoms with van der Waals surface area (Å²) in [6.07, 6.45) is 2.07. The number of imide groups is 1. The van der Waals surface area contributed by atoms with Gasteiger partial charge in [0.25, 0.3) is 0 Å². The van der Waals surface area contributed by atoms with Crippen molar-refractivity contribution in [1.82, 2.24) is 20.9 Å². The average molecular weight is 327 g/mol. The highest BCUT2D eigenvalue weighted by Gasteiger charge is 2.27. The molecule has 3 amide bonds.